The molecule has 3 aromatic rings. The molecule has 1 saturated heterocycles. The molecule has 184 valence electrons. The maximum Gasteiger partial charge on any atom is 0.329 e. The summed E-state index contributed by atoms with van der Waals surface area (Å²) in [7, 11) is 1.59. The van der Waals surface area contributed by atoms with Crippen LogP contribution in [0.2, 0.25) is 0 Å². The average Bonchev–Trinajstić information content (AvgIpc) is 3.15. The lowest BCUT2D eigenvalue weighted by molar-refractivity contribution is 0.0929. The first-order chi connectivity index (χ1) is 16.2. The Hall–Kier alpha value is -3.07. The van der Waals surface area contributed by atoms with Crippen molar-refractivity contribution < 1.29 is 9.84 Å². The van der Waals surface area contributed by atoms with Crippen molar-refractivity contribution in [3.05, 3.63) is 50.2 Å². The molecule has 0 aliphatic carbocycles. The van der Waals surface area contributed by atoms with Crippen molar-refractivity contribution in [2.75, 3.05) is 24.6 Å². The number of aryl methyl sites for hydroxylation is 2. The van der Waals surface area contributed by atoms with Crippen LogP contribution < -0.4 is 20.9 Å². The number of aliphatic hydroxyl groups is 1. The molecule has 34 heavy (non-hydrogen) atoms. The Kier molecular flexibility index (Phi) is 6.84. The van der Waals surface area contributed by atoms with E-state index in [1.165, 1.54) is 4.57 Å². The highest BCUT2D eigenvalue weighted by Gasteiger charge is 2.26. The summed E-state index contributed by atoms with van der Waals surface area (Å²) < 4.78 is 9.12. The van der Waals surface area contributed by atoms with Crippen molar-refractivity contribution in [1.29, 1.82) is 0 Å². The van der Waals surface area contributed by atoms with E-state index in [9.17, 15) is 14.7 Å². The quantitative estimate of drug-likeness (QED) is 0.551. The Balaban J connectivity index is 1.66. The zero-order valence-corrected chi connectivity index (χ0v) is 20.7. The molecule has 0 spiro atoms. The Bertz CT molecular complexity index is 1290. The molecule has 2 N–H and O–H groups in total. The number of ether oxygens (including phenoxy) is 1. The lowest BCUT2D eigenvalue weighted by atomic mass is 10.0. The number of nitrogens with one attached hydrogen (secondary N) is 1. The number of rotatable bonds is 7. The average molecular weight is 470 g/mol. The molecule has 0 saturated carbocycles. The second kappa shape index (κ2) is 9.66. The van der Waals surface area contributed by atoms with Gasteiger partial charge in [0.25, 0.3) is 5.56 Å². The summed E-state index contributed by atoms with van der Waals surface area (Å²) in [6.45, 7) is 10.2. The molecule has 0 unspecified atom stereocenters. The van der Waals surface area contributed by atoms with Crippen molar-refractivity contribution >= 4 is 17.1 Å². The first kappa shape index (κ1) is 24.1. The Morgan fingerprint density at radius 1 is 1.29 bits per heavy atom. The molecule has 9 heteroatoms. The maximum absolute atomic E-state index is 12.8. The lowest BCUT2D eigenvalue weighted by Gasteiger charge is -2.32. The lowest BCUT2D eigenvalue weighted by Crippen LogP contribution is -2.37. The number of anilines is 1. The number of nitrogens with zero attached hydrogens (tertiary/aromatic N) is 4. The number of imidazole rings is 1. The van der Waals surface area contributed by atoms with Crippen LogP contribution >= 0.6 is 0 Å². The highest BCUT2D eigenvalue weighted by molar-refractivity contribution is 5.74. The van der Waals surface area contributed by atoms with Crippen molar-refractivity contribution in [2.45, 2.75) is 59.1 Å². The SMILES string of the molecule is Cc1ccc(C(C)C)c(OC[C@@H](O)Cn2c(N3CCC[C@H](C)C3)nc3c2c(=O)[nH]c(=O)n3C)c1. The van der Waals surface area contributed by atoms with Gasteiger partial charge >= 0.3 is 5.69 Å². The minimum absolute atomic E-state index is 0.0718. The van der Waals surface area contributed by atoms with Gasteiger partial charge in [-0.05, 0) is 48.8 Å². The predicted octanol–water partition coefficient (Wildman–Crippen LogP) is 2.53. The Morgan fingerprint density at radius 2 is 2.06 bits per heavy atom. The van der Waals surface area contributed by atoms with Crippen LogP contribution in [0.25, 0.3) is 11.2 Å². The predicted molar refractivity (Wildman–Crippen MR) is 133 cm³/mol. The van der Waals surface area contributed by atoms with E-state index in [0.29, 0.717) is 17.5 Å². The number of fused-ring (bicyclic) bond motifs is 1. The van der Waals surface area contributed by atoms with Gasteiger partial charge in [-0.15, -0.1) is 0 Å². The van der Waals surface area contributed by atoms with Crippen molar-refractivity contribution in [2.24, 2.45) is 13.0 Å². The summed E-state index contributed by atoms with van der Waals surface area (Å²) in [6.07, 6.45) is 1.29. The van der Waals surface area contributed by atoms with Gasteiger partial charge in [-0.3, -0.25) is 14.3 Å². The van der Waals surface area contributed by atoms with Crippen LogP contribution in [0.5, 0.6) is 5.75 Å². The molecule has 0 amide bonds. The Labute approximate surface area is 199 Å². The van der Waals surface area contributed by atoms with Gasteiger partial charge < -0.3 is 19.3 Å². The molecule has 9 nitrogen and oxygen atoms in total. The van der Waals surface area contributed by atoms with Gasteiger partial charge in [0.2, 0.25) is 5.95 Å². The third-order valence-electron chi connectivity index (χ3n) is 6.54. The summed E-state index contributed by atoms with van der Waals surface area (Å²) in [4.78, 5) is 34.2. The largest absolute Gasteiger partial charge is 0.491 e. The van der Waals surface area contributed by atoms with E-state index in [0.717, 1.165) is 42.8 Å². The third-order valence-corrected chi connectivity index (χ3v) is 6.54. The van der Waals surface area contributed by atoms with Crippen LogP contribution in [0.1, 0.15) is 50.7 Å². The number of benzene rings is 1. The molecule has 4 rings (SSSR count). The van der Waals surface area contributed by atoms with E-state index in [4.69, 9.17) is 9.72 Å². The number of hydrogen-bond donors (Lipinski definition) is 2. The molecule has 1 aliphatic heterocycles. The molecule has 0 radical (unpaired) electrons. The molecular formula is C25H35N5O4. The minimum Gasteiger partial charge on any atom is -0.491 e. The molecular weight excluding hydrogens is 434 g/mol. The van der Waals surface area contributed by atoms with E-state index in [1.807, 2.05) is 13.0 Å². The van der Waals surface area contributed by atoms with Gasteiger partial charge in [-0.2, -0.15) is 4.98 Å². The standard InChI is InChI=1S/C25H35N5O4/c1-15(2)19-9-8-16(3)11-20(19)34-14-18(31)13-30-21-22(28(5)25(33)27-23(21)32)26-24(30)29-10-6-7-17(4)12-29/h8-9,11,15,17-18,31H,6-7,10,12-14H2,1-5H3,(H,27,32,33)/t17-,18-/m0/s1. The van der Waals surface area contributed by atoms with Gasteiger partial charge in [-0.25, -0.2) is 4.79 Å². The summed E-state index contributed by atoms with van der Waals surface area (Å²) in [6, 6.07) is 6.09. The number of aliphatic hydroxyl groups excluding tert-OH is 1. The molecule has 0 bridgehead atoms. The number of H-pyrrole nitrogens is 1. The fourth-order valence-electron chi connectivity index (χ4n) is 4.70. The van der Waals surface area contributed by atoms with E-state index in [2.05, 4.69) is 42.8 Å². The molecule has 1 fully saturated rings. The smallest absolute Gasteiger partial charge is 0.329 e. The van der Waals surface area contributed by atoms with Gasteiger partial charge in [0.1, 0.15) is 18.5 Å². The van der Waals surface area contributed by atoms with E-state index in [-0.39, 0.29) is 24.6 Å². The van der Waals surface area contributed by atoms with E-state index < -0.39 is 17.4 Å². The van der Waals surface area contributed by atoms with E-state index in [1.54, 1.807) is 11.6 Å². The number of aromatic nitrogens is 4. The molecule has 1 aromatic carbocycles. The molecule has 2 atom stereocenters. The summed E-state index contributed by atoms with van der Waals surface area (Å²) in [5, 5.41) is 11.0. The highest BCUT2D eigenvalue weighted by atomic mass is 16.5. The van der Waals surface area contributed by atoms with Gasteiger partial charge in [0, 0.05) is 20.1 Å². The zero-order chi connectivity index (χ0) is 24.6. The van der Waals surface area contributed by atoms with Gasteiger partial charge in [-0.1, -0.05) is 32.9 Å². The van der Waals surface area contributed by atoms with Crippen LogP contribution in [-0.4, -0.2) is 50.0 Å². The fraction of sp³-hybridized carbons (Fsp3) is 0.560. The maximum atomic E-state index is 12.8. The molecule has 1 aliphatic rings. The number of hydrogen-bond acceptors (Lipinski definition) is 6. The van der Waals surface area contributed by atoms with Crippen LogP contribution in [-0.2, 0) is 13.6 Å². The highest BCUT2D eigenvalue weighted by Crippen LogP contribution is 2.28. The first-order valence-corrected chi connectivity index (χ1v) is 12.0. The van der Waals surface area contributed by atoms with Gasteiger partial charge in [0.05, 0.1) is 6.54 Å². The van der Waals surface area contributed by atoms with Crippen LogP contribution in [0.4, 0.5) is 5.95 Å². The number of piperidine rings is 1. The normalized spacial score (nSPS) is 17.5. The fourth-order valence-corrected chi connectivity index (χ4v) is 4.70. The van der Waals surface area contributed by atoms with Crippen molar-refractivity contribution in [3.63, 3.8) is 0 Å². The molecule has 3 heterocycles. The van der Waals surface area contributed by atoms with Crippen LogP contribution in [0.15, 0.2) is 27.8 Å². The number of aromatic amines is 1. The Morgan fingerprint density at radius 3 is 2.76 bits per heavy atom. The summed E-state index contributed by atoms with van der Waals surface area (Å²) in [5.41, 5.74) is 1.76. The molecule has 2 aromatic heterocycles. The topological polar surface area (TPSA) is 105 Å². The summed E-state index contributed by atoms with van der Waals surface area (Å²) >= 11 is 0. The second-order valence-corrected chi connectivity index (χ2v) is 9.87. The first-order valence-electron chi connectivity index (χ1n) is 12.0. The zero-order valence-electron chi connectivity index (χ0n) is 20.7. The van der Waals surface area contributed by atoms with Crippen molar-refractivity contribution in [1.82, 2.24) is 19.1 Å². The third kappa shape index (κ3) is 4.75. The summed E-state index contributed by atoms with van der Waals surface area (Å²) in [5.74, 6) is 2.15. The second-order valence-electron chi connectivity index (χ2n) is 9.87. The van der Waals surface area contributed by atoms with Crippen molar-refractivity contribution in [3.8, 4) is 5.75 Å². The minimum atomic E-state index is -0.879. The monoisotopic (exact) mass is 469 g/mol. The van der Waals surface area contributed by atoms with Crippen LogP contribution in [0, 0.1) is 12.8 Å². The van der Waals surface area contributed by atoms with Gasteiger partial charge in [0.15, 0.2) is 11.2 Å². The van der Waals surface area contributed by atoms with Crippen LogP contribution in [0.3, 0.4) is 0 Å². The van der Waals surface area contributed by atoms with E-state index >= 15 is 0 Å².